The van der Waals surface area contributed by atoms with Crippen molar-refractivity contribution in [1.82, 2.24) is 0 Å². The van der Waals surface area contributed by atoms with E-state index in [2.05, 4.69) is 35.0 Å². The molecule has 0 aromatic carbocycles. The van der Waals surface area contributed by atoms with Crippen LogP contribution in [0.15, 0.2) is 72.5 Å². The van der Waals surface area contributed by atoms with Crippen LogP contribution in [0.2, 0.25) is 0 Å². The number of ether oxygens (including phenoxy) is 9. The molecule has 278 valence electrons. The highest BCUT2D eigenvalue weighted by Crippen LogP contribution is 2.28. The number of carbonyl (C=O) groups excluding carboxylic acids is 5. The molecule has 0 bridgehead atoms. The fraction of sp³-hybridized carbons (Fsp3) is 0.528. The minimum atomic E-state index is -1.07. The van der Waals surface area contributed by atoms with Gasteiger partial charge in [-0.15, -0.1) is 6.58 Å². The predicted octanol–water partition coefficient (Wildman–Crippen LogP) is 5.05. The second-order valence-electron chi connectivity index (χ2n) is 10.5. The van der Waals surface area contributed by atoms with Crippen molar-refractivity contribution in [2.45, 2.75) is 44.9 Å². The van der Waals surface area contributed by atoms with Crippen LogP contribution in [0.25, 0.3) is 0 Å². The van der Waals surface area contributed by atoms with Crippen molar-refractivity contribution >= 4 is 30.0 Å². The van der Waals surface area contributed by atoms with Gasteiger partial charge >= 0.3 is 30.0 Å². The van der Waals surface area contributed by atoms with Gasteiger partial charge in [0.1, 0.15) is 23.9 Å². The van der Waals surface area contributed by atoms with Gasteiger partial charge in [-0.05, 0) is 81.4 Å². The van der Waals surface area contributed by atoms with Gasteiger partial charge in [0.25, 0.3) is 0 Å². The molecule has 1 unspecified atom stereocenters. The molecule has 0 amide bonds. The standard InChI is InChI=1S/2C13H18O5.C10H14O4/c1-16-12(14)11(13(15)17-2)8-5-7-10-6-3-4-9-18-10;1-4-9(10-7-5-6-8-18-10)11(12(14)16-2)13(15)17-3;1-12-10(11)14-8-4-6-9-5-2-3-7-13-9/h5-7,11H,3-4,8-9H2,1-2H3;4,7,9,11H,1,5-6,8H2,2-3H3;4-6H,2-3,7-8H2,1H3/b7-5+;;6-4+. The number of rotatable bonds is 13. The third-order valence-corrected chi connectivity index (χ3v) is 7.11. The number of hydrogen-bond acceptors (Lipinski definition) is 14. The molecule has 3 aliphatic rings. The van der Waals surface area contributed by atoms with E-state index in [1.165, 1.54) is 41.6 Å². The second kappa shape index (κ2) is 25.9. The molecule has 0 fully saturated rings. The van der Waals surface area contributed by atoms with E-state index in [9.17, 15) is 24.0 Å². The summed E-state index contributed by atoms with van der Waals surface area (Å²) in [4.78, 5) is 56.7. The average molecular weight is 707 g/mol. The number of esters is 4. The van der Waals surface area contributed by atoms with E-state index in [4.69, 9.17) is 14.2 Å². The Hall–Kier alpha value is -5.01. The third-order valence-electron chi connectivity index (χ3n) is 7.11. The quantitative estimate of drug-likeness (QED) is 0.108. The highest BCUT2D eigenvalue weighted by atomic mass is 16.7. The van der Waals surface area contributed by atoms with E-state index in [0.29, 0.717) is 19.0 Å². The fourth-order valence-corrected chi connectivity index (χ4v) is 4.49. The maximum Gasteiger partial charge on any atom is 0.508 e. The van der Waals surface area contributed by atoms with Gasteiger partial charge in [-0.1, -0.05) is 12.2 Å². The lowest BCUT2D eigenvalue weighted by atomic mass is 9.89. The molecule has 0 aromatic heterocycles. The molecule has 14 nitrogen and oxygen atoms in total. The Morgan fingerprint density at radius 1 is 0.680 bits per heavy atom. The Labute approximate surface area is 293 Å². The van der Waals surface area contributed by atoms with Crippen LogP contribution in [-0.2, 0) is 61.8 Å². The summed E-state index contributed by atoms with van der Waals surface area (Å²) in [5, 5.41) is 0. The number of allylic oxidation sites excluding steroid dienone is 7. The summed E-state index contributed by atoms with van der Waals surface area (Å²) >= 11 is 0. The molecule has 14 heteroatoms. The van der Waals surface area contributed by atoms with E-state index >= 15 is 0 Å². The molecule has 1 atom stereocenters. The topological polar surface area (TPSA) is 168 Å². The molecule has 50 heavy (non-hydrogen) atoms. The molecule has 0 saturated carbocycles. The molecule has 0 radical (unpaired) electrons. The first-order chi connectivity index (χ1) is 24.2. The molecule has 3 rings (SSSR count). The lowest BCUT2D eigenvalue weighted by molar-refractivity contribution is -0.161. The Bertz CT molecular complexity index is 1230. The largest absolute Gasteiger partial charge is 0.508 e. The summed E-state index contributed by atoms with van der Waals surface area (Å²) in [6, 6.07) is 0. The van der Waals surface area contributed by atoms with Gasteiger partial charge in [-0.25, -0.2) is 4.79 Å². The zero-order valence-electron chi connectivity index (χ0n) is 29.6. The van der Waals surface area contributed by atoms with E-state index in [1.54, 1.807) is 24.3 Å². The minimum absolute atomic E-state index is 0.202. The molecule has 0 aromatic rings. The lowest BCUT2D eigenvalue weighted by Gasteiger charge is -2.25. The van der Waals surface area contributed by atoms with Gasteiger partial charge in [-0.2, -0.15) is 0 Å². The predicted molar refractivity (Wildman–Crippen MR) is 180 cm³/mol. The Balaban J connectivity index is 0.000000378. The van der Waals surface area contributed by atoms with Crippen LogP contribution in [-0.4, -0.2) is 92.0 Å². The normalized spacial score (nSPS) is 15.8. The highest BCUT2D eigenvalue weighted by molar-refractivity contribution is 5.96. The smallest absolute Gasteiger partial charge is 0.498 e. The van der Waals surface area contributed by atoms with Gasteiger partial charge < -0.3 is 42.6 Å². The van der Waals surface area contributed by atoms with Crippen molar-refractivity contribution in [2.75, 3.05) is 62.0 Å². The van der Waals surface area contributed by atoms with Crippen molar-refractivity contribution < 1.29 is 66.6 Å². The van der Waals surface area contributed by atoms with E-state index in [1.807, 2.05) is 18.2 Å². The first-order valence-corrected chi connectivity index (χ1v) is 16.1. The van der Waals surface area contributed by atoms with Gasteiger partial charge in [0.15, 0.2) is 11.8 Å². The van der Waals surface area contributed by atoms with Crippen LogP contribution >= 0.6 is 0 Å². The zero-order chi connectivity index (χ0) is 37.1. The fourth-order valence-electron chi connectivity index (χ4n) is 4.49. The van der Waals surface area contributed by atoms with Crippen molar-refractivity contribution in [3.05, 3.63) is 72.5 Å². The van der Waals surface area contributed by atoms with Crippen molar-refractivity contribution in [3.63, 3.8) is 0 Å². The molecule has 0 saturated heterocycles. The molecule has 0 aliphatic carbocycles. The number of methoxy groups -OCH3 is 5. The summed E-state index contributed by atoms with van der Waals surface area (Å²) in [5.41, 5.74) is 0. The molecular formula is C36H50O14. The van der Waals surface area contributed by atoms with Crippen LogP contribution in [0, 0.1) is 17.8 Å². The second-order valence-corrected chi connectivity index (χ2v) is 10.5. The summed E-state index contributed by atoms with van der Waals surface area (Å²) in [5.74, 6) is -2.83. The third kappa shape index (κ3) is 16.4. The minimum Gasteiger partial charge on any atom is -0.498 e. The summed E-state index contributed by atoms with van der Waals surface area (Å²) in [6.07, 6.45) is 19.8. The first kappa shape index (κ1) is 43.0. The molecule has 0 spiro atoms. The Morgan fingerprint density at radius 2 is 1.16 bits per heavy atom. The summed E-state index contributed by atoms with van der Waals surface area (Å²) < 4.78 is 43.5. The maximum absolute atomic E-state index is 11.7. The van der Waals surface area contributed by atoms with Crippen LogP contribution in [0.4, 0.5) is 4.79 Å². The summed E-state index contributed by atoms with van der Waals surface area (Å²) in [7, 11) is 6.23. The highest BCUT2D eigenvalue weighted by Gasteiger charge is 2.38. The van der Waals surface area contributed by atoms with Crippen LogP contribution < -0.4 is 0 Å². The van der Waals surface area contributed by atoms with Crippen molar-refractivity contribution in [3.8, 4) is 0 Å². The monoisotopic (exact) mass is 706 g/mol. The average Bonchev–Trinajstić information content (AvgIpc) is 3.17. The first-order valence-electron chi connectivity index (χ1n) is 16.1. The molecule has 3 aliphatic heterocycles. The van der Waals surface area contributed by atoms with E-state index in [0.717, 1.165) is 56.7 Å². The SMILES string of the molecule is C=CC(C1=CCCCO1)C(C(=O)OC)C(=O)OC.COC(=O)C(C/C=C/C1=CCCCO1)C(=O)OC.COC(=O)OC/C=C/C1=CCCCO1. The van der Waals surface area contributed by atoms with Gasteiger partial charge in [0.2, 0.25) is 0 Å². The zero-order valence-corrected chi connectivity index (χ0v) is 29.6. The Kier molecular flexibility index (Phi) is 22.3. The van der Waals surface area contributed by atoms with E-state index < -0.39 is 47.8 Å². The number of hydrogen-bond donors (Lipinski definition) is 0. The lowest BCUT2D eigenvalue weighted by Crippen LogP contribution is -2.34. The molecule has 0 N–H and O–H groups in total. The summed E-state index contributed by atoms with van der Waals surface area (Å²) in [6.45, 7) is 5.89. The van der Waals surface area contributed by atoms with Crippen LogP contribution in [0.1, 0.15) is 44.9 Å². The van der Waals surface area contributed by atoms with Crippen molar-refractivity contribution in [2.24, 2.45) is 17.8 Å². The van der Waals surface area contributed by atoms with E-state index in [-0.39, 0.29) is 13.0 Å². The van der Waals surface area contributed by atoms with Gasteiger partial charge in [0, 0.05) is 0 Å². The Morgan fingerprint density at radius 3 is 1.56 bits per heavy atom. The van der Waals surface area contributed by atoms with Gasteiger partial charge in [-0.3, -0.25) is 19.2 Å². The maximum atomic E-state index is 11.7. The molecule has 3 heterocycles. The molecular weight excluding hydrogens is 656 g/mol. The van der Waals surface area contributed by atoms with Crippen LogP contribution in [0.3, 0.4) is 0 Å². The van der Waals surface area contributed by atoms with Crippen molar-refractivity contribution in [1.29, 1.82) is 0 Å². The van der Waals surface area contributed by atoms with Crippen LogP contribution in [0.5, 0.6) is 0 Å². The van der Waals surface area contributed by atoms with Gasteiger partial charge in [0.05, 0.1) is 61.3 Å². The number of carbonyl (C=O) groups is 5.